The van der Waals surface area contributed by atoms with Crippen molar-refractivity contribution < 1.29 is 19.4 Å². The number of nitrogen functional groups attached to an aromatic ring is 1. The third-order valence-corrected chi connectivity index (χ3v) is 6.15. The van der Waals surface area contributed by atoms with Gasteiger partial charge in [-0.2, -0.15) is 0 Å². The normalized spacial score (nSPS) is 19.6. The van der Waals surface area contributed by atoms with Gasteiger partial charge in [0, 0.05) is 17.8 Å². The van der Waals surface area contributed by atoms with E-state index in [1.165, 1.54) is 0 Å². The summed E-state index contributed by atoms with van der Waals surface area (Å²) in [6.07, 6.45) is 4.69. The molecule has 0 unspecified atom stereocenters. The average molecular weight is 413 g/mol. The Morgan fingerprint density at radius 3 is 2.53 bits per heavy atom. The van der Waals surface area contributed by atoms with Crippen LogP contribution in [0.4, 0.5) is 5.69 Å². The molecule has 1 aliphatic carbocycles. The largest absolute Gasteiger partial charge is 0.492 e. The van der Waals surface area contributed by atoms with Crippen LogP contribution in [0, 0.1) is 24.2 Å². The predicted octanol–water partition coefficient (Wildman–Crippen LogP) is 5.01. The van der Waals surface area contributed by atoms with E-state index < -0.39 is 5.97 Å². The quantitative estimate of drug-likeness (QED) is 0.662. The van der Waals surface area contributed by atoms with E-state index in [9.17, 15) is 14.7 Å². The number of rotatable bonds is 7. The highest BCUT2D eigenvalue weighted by Gasteiger charge is 2.30. The summed E-state index contributed by atoms with van der Waals surface area (Å²) in [5, 5.41) is 10.0. The van der Waals surface area contributed by atoms with E-state index in [2.05, 4.69) is 11.9 Å². The zero-order chi connectivity index (χ0) is 22.1. The van der Waals surface area contributed by atoms with Crippen LogP contribution in [-0.4, -0.2) is 28.4 Å². The highest BCUT2D eigenvalue weighted by atomic mass is 16.5. The Bertz CT molecular complexity index is 959. The van der Waals surface area contributed by atoms with Gasteiger partial charge >= 0.3 is 5.97 Å². The second-order valence-corrected chi connectivity index (χ2v) is 9.49. The number of fused-ring (bicyclic) bond motifs is 1. The zero-order valence-electron chi connectivity index (χ0n) is 18.3. The maximum atomic E-state index is 12.8. The number of aromatic nitrogens is 1. The second-order valence-electron chi connectivity index (χ2n) is 9.49. The summed E-state index contributed by atoms with van der Waals surface area (Å²) in [6.45, 7) is 8.26. The summed E-state index contributed by atoms with van der Waals surface area (Å²) in [6, 6.07) is 5.36. The monoisotopic (exact) mass is 412 g/mol. The van der Waals surface area contributed by atoms with E-state index in [-0.39, 0.29) is 22.6 Å². The molecule has 1 aromatic carbocycles. The van der Waals surface area contributed by atoms with Crippen LogP contribution in [0.2, 0.25) is 0 Å². The first kappa shape index (κ1) is 22.1. The lowest BCUT2D eigenvalue weighted by atomic mass is 9.76. The smallest absolute Gasteiger partial charge is 0.339 e. The third kappa shape index (κ3) is 4.74. The van der Waals surface area contributed by atoms with Gasteiger partial charge in [0.05, 0.1) is 28.9 Å². The number of hydrogen-bond donors (Lipinski definition) is 2. The van der Waals surface area contributed by atoms with E-state index in [1.54, 1.807) is 19.1 Å². The topological polar surface area (TPSA) is 103 Å². The third-order valence-electron chi connectivity index (χ3n) is 6.15. The molecule has 1 aromatic heterocycles. The molecule has 3 N–H and O–H groups in total. The predicted molar refractivity (Wildman–Crippen MR) is 118 cm³/mol. The van der Waals surface area contributed by atoms with Gasteiger partial charge in [0.15, 0.2) is 0 Å². The van der Waals surface area contributed by atoms with Gasteiger partial charge in [-0.25, -0.2) is 4.79 Å². The lowest BCUT2D eigenvalue weighted by molar-refractivity contribution is -0.126. The molecular weight excluding hydrogens is 380 g/mol. The number of nitrogens with zero attached hydrogens (tertiary/aromatic N) is 1. The van der Waals surface area contributed by atoms with E-state index >= 15 is 0 Å². The van der Waals surface area contributed by atoms with Crippen molar-refractivity contribution in [2.45, 2.75) is 59.8 Å². The van der Waals surface area contributed by atoms with Crippen molar-refractivity contribution in [3.8, 4) is 5.75 Å². The first-order valence-electron chi connectivity index (χ1n) is 10.7. The van der Waals surface area contributed by atoms with Crippen molar-refractivity contribution in [3.05, 3.63) is 29.5 Å². The first-order valence-corrected chi connectivity index (χ1v) is 10.7. The summed E-state index contributed by atoms with van der Waals surface area (Å²) in [5.41, 5.74) is 6.98. The maximum Gasteiger partial charge on any atom is 0.339 e. The van der Waals surface area contributed by atoms with Crippen LogP contribution in [0.25, 0.3) is 10.9 Å². The second kappa shape index (κ2) is 8.62. The van der Waals surface area contributed by atoms with Gasteiger partial charge < -0.3 is 15.6 Å². The van der Waals surface area contributed by atoms with Gasteiger partial charge in [0.2, 0.25) is 0 Å². The molecule has 6 heteroatoms. The fraction of sp³-hybridized carbons (Fsp3) is 0.542. The minimum atomic E-state index is -1.11. The van der Waals surface area contributed by atoms with Crippen molar-refractivity contribution in [3.63, 3.8) is 0 Å². The Morgan fingerprint density at radius 2 is 1.90 bits per heavy atom. The average Bonchev–Trinajstić information content (AvgIpc) is 2.66. The fourth-order valence-corrected chi connectivity index (χ4v) is 4.35. The van der Waals surface area contributed by atoms with Crippen LogP contribution in [0.5, 0.6) is 5.75 Å². The molecule has 1 heterocycles. The molecule has 0 aliphatic heterocycles. The molecule has 0 amide bonds. The van der Waals surface area contributed by atoms with Crippen LogP contribution < -0.4 is 10.5 Å². The number of aryl methyl sites for hydroxylation is 1. The van der Waals surface area contributed by atoms with Crippen molar-refractivity contribution in [2.24, 2.45) is 17.3 Å². The van der Waals surface area contributed by atoms with Gasteiger partial charge in [-0.3, -0.25) is 9.78 Å². The van der Waals surface area contributed by atoms with Crippen molar-refractivity contribution in [2.75, 3.05) is 12.3 Å². The number of pyridine rings is 1. The fourth-order valence-electron chi connectivity index (χ4n) is 4.35. The number of aromatic carboxylic acids is 1. The van der Waals surface area contributed by atoms with Crippen molar-refractivity contribution in [1.29, 1.82) is 0 Å². The lowest BCUT2D eigenvalue weighted by Crippen LogP contribution is -2.29. The number of ketones is 1. The SMILES string of the molecule is Cc1nc2cccc(OCC(C)(C)CC(=O)C3CCC(C)CC3)c2c(N)c1C(=O)O. The van der Waals surface area contributed by atoms with Crippen molar-refractivity contribution in [1.82, 2.24) is 4.98 Å². The van der Waals surface area contributed by atoms with Crippen LogP contribution in [0.1, 0.15) is 68.9 Å². The Hall–Kier alpha value is -2.63. The summed E-state index contributed by atoms with van der Waals surface area (Å²) in [5.74, 6) is 0.585. The molecule has 162 valence electrons. The van der Waals surface area contributed by atoms with Crippen molar-refractivity contribution >= 4 is 28.3 Å². The standard InChI is InChI=1S/C24H32N2O4/c1-14-8-10-16(11-9-14)18(27)12-24(3,4)13-30-19-7-5-6-17-21(19)22(25)20(23(28)29)15(2)26-17/h5-7,14,16H,8-13H2,1-4H3,(H2,25,26)(H,28,29). The summed E-state index contributed by atoms with van der Waals surface area (Å²) in [7, 11) is 0. The Labute approximate surface area is 177 Å². The minimum absolute atomic E-state index is 0.000449. The molecule has 0 bridgehead atoms. The number of carbonyl (C=O) groups excluding carboxylic acids is 1. The molecular formula is C24H32N2O4. The number of ether oxygens (including phenoxy) is 1. The molecule has 1 fully saturated rings. The number of anilines is 1. The molecule has 1 saturated carbocycles. The number of nitrogens with two attached hydrogens (primary N) is 1. The zero-order valence-corrected chi connectivity index (χ0v) is 18.3. The Balaban J connectivity index is 1.76. The first-order chi connectivity index (χ1) is 14.1. The molecule has 0 radical (unpaired) electrons. The Morgan fingerprint density at radius 1 is 1.23 bits per heavy atom. The number of Topliss-reactive ketones (excluding diaryl/α,β-unsaturated/α-hetero) is 1. The molecule has 0 atom stereocenters. The molecule has 0 saturated heterocycles. The molecule has 0 spiro atoms. The van der Waals surface area contributed by atoms with Crippen LogP contribution >= 0.6 is 0 Å². The van der Waals surface area contributed by atoms with E-state index in [0.29, 0.717) is 41.2 Å². The summed E-state index contributed by atoms with van der Waals surface area (Å²) in [4.78, 5) is 28.8. The van der Waals surface area contributed by atoms with Gasteiger partial charge in [-0.15, -0.1) is 0 Å². The van der Waals surface area contributed by atoms with Crippen LogP contribution in [0.3, 0.4) is 0 Å². The number of carbonyl (C=O) groups is 2. The molecule has 6 nitrogen and oxygen atoms in total. The summed E-state index contributed by atoms with van der Waals surface area (Å²) < 4.78 is 6.08. The van der Waals surface area contributed by atoms with Crippen LogP contribution in [0.15, 0.2) is 18.2 Å². The minimum Gasteiger partial charge on any atom is -0.492 e. The maximum absolute atomic E-state index is 12.8. The van der Waals surface area contributed by atoms with E-state index in [4.69, 9.17) is 10.5 Å². The number of carboxylic acid groups (broad SMARTS) is 1. The van der Waals surface area contributed by atoms with Gasteiger partial charge in [0.25, 0.3) is 0 Å². The number of benzene rings is 1. The number of carboxylic acids is 1. The highest BCUT2D eigenvalue weighted by molar-refractivity contribution is 6.06. The molecule has 2 aromatic rings. The molecule has 30 heavy (non-hydrogen) atoms. The van der Waals surface area contributed by atoms with Crippen LogP contribution in [-0.2, 0) is 4.79 Å². The van der Waals surface area contributed by atoms with E-state index in [1.807, 2.05) is 19.9 Å². The number of hydrogen-bond acceptors (Lipinski definition) is 5. The summed E-state index contributed by atoms with van der Waals surface area (Å²) >= 11 is 0. The van der Waals surface area contributed by atoms with Gasteiger partial charge in [0.1, 0.15) is 17.1 Å². The lowest BCUT2D eigenvalue weighted by Gasteiger charge is -2.29. The molecule has 3 rings (SSSR count). The Kier molecular flexibility index (Phi) is 6.34. The van der Waals surface area contributed by atoms with Gasteiger partial charge in [-0.05, 0) is 37.8 Å². The van der Waals surface area contributed by atoms with Gasteiger partial charge in [-0.1, -0.05) is 39.7 Å². The molecule has 1 aliphatic rings. The van der Waals surface area contributed by atoms with E-state index in [0.717, 1.165) is 31.6 Å². The highest BCUT2D eigenvalue weighted by Crippen LogP contribution is 2.36.